The van der Waals surface area contributed by atoms with Gasteiger partial charge in [-0.1, -0.05) is 37.3 Å². The summed E-state index contributed by atoms with van der Waals surface area (Å²) >= 11 is 0. The molecule has 7 nitrogen and oxygen atoms in total. The second kappa shape index (κ2) is 7.39. The molecule has 25 heavy (non-hydrogen) atoms. The maximum absolute atomic E-state index is 11.6. The molecule has 0 bridgehead atoms. The third kappa shape index (κ3) is 3.89. The summed E-state index contributed by atoms with van der Waals surface area (Å²) in [5.74, 6) is 0.279. The van der Waals surface area contributed by atoms with Gasteiger partial charge in [-0.05, 0) is 36.2 Å². The Morgan fingerprint density at radius 1 is 0.920 bits per heavy atom. The normalized spacial score (nSPS) is 10.3. The molecule has 0 aliphatic rings. The van der Waals surface area contributed by atoms with E-state index in [2.05, 4.69) is 27.5 Å². The Kier molecular flexibility index (Phi) is 4.84. The summed E-state index contributed by atoms with van der Waals surface area (Å²) in [6.07, 6.45) is 2.22. The van der Waals surface area contributed by atoms with E-state index >= 15 is 0 Å². The number of aryl methyl sites for hydroxylation is 1. The first-order chi connectivity index (χ1) is 12.2. The summed E-state index contributed by atoms with van der Waals surface area (Å²) in [6, 6.07) is 16.8. The van der Waals surface area contributed by atoms with E-state index in [1.165, 1.54) is 11.9 Å². The third-order valence-electron chi connectivity index (χ3n) is 3.67. The molecule has 1 heterocycles. The van der Waals surface area contributed by atoms with Crippen LogP contribution in [0.2, 0.25) is 0 Å². The fourth-order valence-corrected chi connectivity index (χ4v) is 2.35. The highest BCUT2D eigenvalue weighted by Gasteiger charge is 2.23. The minimum atomic E-state index is -0.492. The van der Waals surface area contributed by atoms with Crippen molar-refractivity contribution in [3.63, 3.8) is 0 Å². The van der Waals surface area contributed by atoms with Gasteiger partial charge in [-0.3, -0.25) is 10.1 Å². The standard InChI is InChI=1S/C18H17N5O2/c1-2-13-8-10-15(11-9-13)22-18-16(23(24)25)17(19-12-20-18)21-14-6-4-3-5-7-14/h3-12H,2H2,1H3,(H2,19,20,21,22). The van der Waals surface area contributed by atoms with Crippen LogP contribution in [0.1, 0.15) is 12.5 Å². The Balaban J connectivity index is 1.93. The molecule has 0 atom stereocenters. The van der Waals surface area contributed by atoms with Gasteiger partial charge in [0.1, 0.15) is 6.33 Å². The molecule has 0 saturated carbocycles. The zero-order valence-electron chi connectivity index (χ0n) is 13.6. The number of para-hydroxylation sites is 1. The van der Waals surface area contributed by atoms with Crippen LogP contribution in [-0.4, -0.2) is 14.9 Å². The first-order valence-electron chi connectivity index (χ1n) is 7.85. The summed E-state index contributed by atoms with van der Waals surface area (Å²) in [6.45, 7) is 2.07. The molecule has 0 aliphatic heterocycles. The van der Waals surface area contributed by atoms with E-state index in [0.29, 0.717) is 5.69 Å². The number of nitrogens with zero attached hydrogens (tertiary/aromatic N) is 3. The van der Waals surface area contributed by atoms with Crippen LogP contribution < -0.4 is 10.6 Å². The quantitative estimate of drug-likeness (QED) is 0.511. The second-order valence-corrected chi connectivity index (χ2v) is 5.34. The minimum absolute atomic E-state index is 0.138. The summed E-state index contributed by atoms with van der Waals surface area (Å²) in [4.78, 5) is 19.1. The van der Waals surface area contributed by atoms with Crippen LogP contribution in [0.3, 0.4) is 0 Å². The lowest BCUT2D eigenvalue weighted by molar-refractivity contribution is -0.383. The number of hydrogen-bond donors (Lipinski definition) is 2. The van der Waals surface area contributed by atoms with Crippen LogP contribution in [0, 0.1) is 10.1 Å². The van der Waals surface area contributed by atoms with Crippen molar-refractivity contribution in [2.45, 2.75) is 13.3 Å². The summed E-state index contributed by atoms with van der Waals surface area (Å²) in [5.41, 5.74) is 2.42. The minimum Gasteiger partial charge on any atom is -0.334 e. The fourth-order valence-electron chi connectivity index (χ4n) is 2.35. The Bertz CT molecular complexity index is 866. The van der Waals surface area contributed by atoms with Gasteiger partial charge in [0, 0.05) is 11.4 Å². The number of benzene rings is 2. The van der Waals surface area contributed by atoms with Gasteiger partial charge in [0.05, 0.1) is 4.92 Å². The zero-order chi connectivity index (χ0) is 17.6. The first kappa shape index (κ1) is 16.4. The molecule has 3 rings (SSSR count). The molecule has 3 aromatic rings. The SMILES string of the molecule is CCc1ccc(Nc2ncnc(Nc3ccccc3)c2[N+](=O)[O-])cc1. The number of rotatable bonds is 6. The predicted molar refractivity (Wildman–Crippen MR) is 97.5 cm³/mol. The highest BCUT2D eigenvalue weighted by atomic mass is 16.6. The molecule has 126 valence electrons. The maximum atomic E-state index is 11.6. The van der Waals surface area contributed by atoms with E-state index in [9.17, 15) is 10.1 Å². The van der Waals surface area contributed by atoms with E-state index in [0.717, 1.165) is 12.1 Å². The molecule has 2 aromatic carbocycles. The molecule has 0 aliphatic carbocycles. The highest BCUT2D eigenvalue weighted by molar-refractivity contribution is 5.76. The molecule has 0 unspecified atom stereocenters. The van der Waals surface area contributed by atoms with E-state index < -0.39 is 4.92 Å². The van der Waals surface area contributed by atoms with Crippen molar-refractivity contribution in [3.8, 4) is 0 Å². The van der Waals surface area contributed by atoms with Crippen LogP contribution in [0.15, 0.2) is 60.9 Å². The van der Waals surface area contributed by atoms with Gasteiger partial charge >= 0.3 is 5.69 Å². The van der Waals surface area contributed by atoms with Gasteiger partial charge in [-0.25, -0.2) is 9.97 Å². The van der Waals surface area contributed by atoms with E-state index in [-0.39, 0.29) is 17.3 Å². The Labute approximate surface area is 144 Å². The number of aromatic nitrogens is 2. The highest BCUT2D eigenvalue weighted by Crippen LogP contribution is 2.32. The van der Waals surface area contributed by atoms with E-state index in [1.807, 2.05) is 54.6 Å². The molecule has 1 aromatic heterocycles. The van der Waals surface area contributed by atoms with Gasteiger partial charge < -0.3 is 10.6 Å². The Hall–Kier alpha value is -3.48. The lowest BCUT2D eigenvalue weighted by Gasteiger charge is -2.10. The van der Waals surface area contributed by atoms with Crippen molar-refractivity contribution in [2.75, 3.05) is 10.6 Å². The number of anilines is 4. The molecule has 2 N–H and O–H groups in total. The second-order valence-electron chi connectivity index (χ2n) is 5.34. The topological polar surface area (TPSA) is 93.0 Å². The molecule has 0 spiro atoms. The van der Waals surface area contributed by atoms with Crippen LogP contribution in [-0.2, 0) is 6.42 Å². The van der Waals surface area contributed by atoms with E-state index in [1.54, 1.807) is 0 Å². The summed E-state index contributed by atoms with van der Waals surface area (Å²) in [5, 5.41) is 17.5. The third-order valence-corrected chi connectivity index (χ3v) is 3.67. The first-order valence-corrected chi connectivity index (χ1v) is 7.85. The zero-order valence-corrected chi connectivity index (χ0v) is 13.6. The maximum Gasteiger partial charge on any atom is 0.353 e. The number of hydrogen-bond acceptors (Lipinski definition) is 6. The van der Waals surface area contributed by atoms with Gasteiger partial charge in [-0.15, -0.1) is 0 Å². The lowest BCUT2D eigenvalue weighted by atomic mass is 10.1. The Morgan fingerprint density at radius 3 is 2.00 bits per heavy atom. The average molecular weight is 335 g/mol. The van der Waals surface area contributed by atoms with Gasteiger partial charge in [0.2, 0.25) is 11.6 Å². The van der Waals surface area contributed by atoms with Crippen LogP contribution in [0.25, 0.3) is 0 Å². The Morgan fingerprint density at radius 2 is 1.48 bits per heavy atom. The van der Waals surface area contributed by atoms with Crippen molar-refractivity contribution < 1.29 is 4.92 Å². The van der Waals surface area contributed by atoms with Crippen molar-refractivity contribution in [1.29, 1.82) is 0 Å². The average Bonchev–Trinajstić information content (AvgIpc) is 2.63. The van der Waals surface area contributed by atoms with Crippen molar-refractivity contribution in [3.05, 3.63) is 76.6 Å². The lowest BCUT2D eigenvalue weighted by Crippen LogP contribution is -2.05. The molecule has 0 saturated heterocycles. The van der Waals surface area contributed by atoms with Crippen molar-refractivity contribution >= 4 is 28.7 Å². The van der Waals surface area contributed by atoms with Gasteiger partial charge in [0.15, 0.2) is 0 Å². The number of nitrogens with one attached hydrogen (secondary N) is 2. The van der Waals surface area contributed by atoms with Crippen LogP contribution >= 0.6 is 0 Å². The predicted octanol–water partition coefficient (Wildman–Crippen LogP) is 4.43. The molecule has 0 amide bonds. The smallest absolute Gasteiger partial charge is 0.334 e. The van der Waals surface area contributed by atoms with E-state index in [4.69, 9.17) is 0 Å². The van der Waals surface area contributed by atoms with Crippen molar-refractivity contribution in [2.24, 2.45) is 0 Å². The monoisotopic (exact) mass is 335 g/mol. The number of nitro groups is 1. The summed E-state index contributed by atoms with van der Waals surface area (Å²) in [7, 11) is 0. The van der Waals surface area contributed by atoms with Crippen molar-refractivity contribution in [1.82, 2.24) is 9.97 Å². The molecular weight excluding hydrogens is 318 g/mol. The van der Waals surface area contributed by atoms with Gasteiger partial charge in [0.25, 0.3) is 0 Å². The van der Waals surface area contributed by atoms with Crippen LogP contribution in [0.5, 0.6) is 0 Å². The van der Waals surface area contributed by atoms with Gasteiger partial charge in [-0.2, -0.15) is 0 Å². The fraction of sp³-hybridized carbons (Fsp3) is 0.111. The summed E-state index contributed by atoms with van der Waals surface area (Å²) < 4.78 is 0. The molecular formula is C18H17N5O2. The van der Waals surface area contributed by atoms with Crippen LogP contribution in [0.4, 0.5) is 28.7 Å². The largest absolute Gasteiger partial charge is 0.353 e. The molecule has 0 radical (unpaired) electrons. The molecule has 0 fully saturated rings. The molecule has 7 heteroatoms.